The molecule has 0 radical (unpaired) electrons. The van der Waals surface area contributed by atoms with Gasteiger partial charge in [-0.2, -0.15) is 0 Å². The number of amides is 2. The Morgan fingerprint density at radius 1 is 1.30 bits per heavy atom. The zero-order valence-corrected chi connectivity index (χ0v) is 11.8. The van der Waals surface area contributed by atoms with E-state index in [0.29, 0.717) is 18.5 Å². The number of nitrogens with zero attached hydrogens (tertiary/aromatic N) is 1. The summed E-state index contributed by atoms with van der Waals surface area (Å²) >= 11 is 0. The Labute approximate surface area is 118 Å². The molecule has 1 fully saturated rings. The van der Waals surface area contributed by atoms with Gasteiger partial charge in [-0.25, -0.2) is 9.59 Å². The van der Waals surface area contributed by atoms with Crippen LogP contribution < -0.4 is 5.32 Å². The largest absolute Gasteiger partial charge is 0.478 e. The van der Waals surface area contributed by atoms with E-state index >= 15 is 0 Å². The molecule has 2 rings (SSSR count). The van der Waals surface area contributed by atoms with E-state index in [0.717, 1.165) is 5.56 Å². The average Bonchev–Trinajstić information content (AvgIpc) is 3.15. The van der Waals surface area contributed by atoms with Gasteiger partial charge in [-0.1, -0.05) is 19.1 Å². The van der Waals surface area contributed by atoms with Gasteiger partial charge >= 0.3 is 12.0 Å². The van der Waals surface area contributed by atoms with Gasteiger partial charge in [0.25, 0.3) is 0 Å². The van der Waals surface area contributed by atoms with Crippen LogP contribution in [0.25, 0.3) is 0 Å². The normalized spacial score (nSPS) is 15.5. The molecule has 1 aliphatic rings. The molecular weight excluding hydrogens is 256 g/mol. The standard InChI is InChI=1S/C15H20N2O3/c1-15(7-8-15)10-16-14(20)17(2)9-11-3-5-12(6-4-11)13(18)19/h3-6H,7-10H2,1-2H3,(H,16,20)(H,18,19). The number of carboxylic acid groups (broad SMARTS) is 1. The fourth-order valence-corrected chi connectivity index (χ4v) is 1.91. The molecule has 0 bridgehead atoms. The van der Waals surface area contributed by atoms with Crippen molar-refractivity contribution in [3.63, 3.8) is 0 Å². The van der Waals surface area contributed by atoms with Gasteiger partial charge in [0.2, 0.25) is 0 Å². The molecule has 0 saturated heterocycles. The van der Waals surface area contributed by atoms with E-state index in [9.17, 15) is 9.59 Å². The Morgan fingerprint density at radius 3 is 2.40 bits per heavy atom. The summed E-state index contributed by atoms with van der Waals surface area (Å²) < 4.78 is 0. The second kappa shape index (κ2) is 5.53. The molecule has 2 N–H and O–H groups in total. The quantitative estimate of drug-likeness (QED) is 0.867. The minimum absolute atomic E-state index is 0.0968. The molecule has 2 amide bonds. The lowest BCUT2D eigenvalue weighted by Gasteiger charge is -2.19. The zero-order valence-electron chi connectivity index (χ0n) is 11.8. The molecule has 1 aliphatic carbocycles. The van der Waals surface area contributed by atoms with Gasteiger partial charge in [0.1, 0.15) is 0 Å². The summed E-state index contributed by atoms with van der Waals surface area (Å²) in [6.07, 6.45) is 2.35. The van der Waals surface area contributed by atoms with Crippen LogP contribution in [-0.4, -0.2) is 35.6 Å². The molecule has 0 aliphatic heterocycles. The van der Waals surface area contributed by atoms with E-state index in [1.165, 1.54) is 12.8 Å². The molecule has 0 heterocycles. The van der Waals surface area contributed by atoms with Crippen molar-refractivity contribution in [2.45, 2.75) is 26.3 Å². The van der Waals surface area contributed by atoms with Crippen molar-refractivity contribution in [2.75, 3.05) is 13.6 Å². The number of urea groups is 1. The summed E-state index contributed by atoms with van der Waals surface area (Å²) in [6, 6.07) is 6.47. The lowest BCUT2D eigenvalue weighted by Crippen LogP contribution is -2.39. The summed E-state index contributed by atoms with van der Waals surface area (Å²) in [7, 11) is 1.73. The lowest BCUT2D eigenvalue weighted by atomic mass is 10.1. The van der Waals surface area contributed by atoms with E-state index in [1.54, 1.807) is 36.2 Å². The Balaban J connectivity index is 1.84. The van der Waals surface area contributed by atoms with E-state index < -0.39 is 5.97 Å². The van der Waals surface area contributed by atoms with Gasteiger partial charge in [0.15, 0.2) is 0 Å². The lowest BCUT2D eigenvalue weighted by molar-refractivity contribution is 0.0697. The highest BCUT2D eigenvalue weighted by Crippen LogP contribution is 2.44. The van der Waals surface area contributed by atoms with Gasteiger partial charge in [-0.3, -0.25) is 0 Å². The maximum Gasteiger partial charge on any atom is 0.335 e. The Kier molecular flexibility index (Phi) is 3.97. The smallest absolute Gasteiger partial charge is 0.335 e. The molecule has 1 saturated carbocycles. The minimum atomic E-state index is -0.944. The molecular formula is C15H20N2O3. The van der Waals surface area contributed by atoms with Crippen molar-refractivity contribution in [3.8, 4) is 0 Å². The highest BCUT2D eigenvalue weighted by Gasteiger charge is 2.37. The monoisotopic (exact) mass is 276 g/mol. The third kappa shape index (κ3) is 3.73. The van der Waals surface area contributed by atoms with Crippen molar-refractivity contribution in [1.82, 2.24) is 10.2 Å². The summed E-state index contributed by atoms with van der Waals surface area (Å²) in [5.41, 5.74) is 1.45. The van der Waals surface area contributed by atoms with Gasteiger partial charge in [-0.15, -0.1) is 0 Å². The Hall–Kier alpha value is -2.04. The highest BCUT2D eigenvalue weighted by atomic mass is 16.4. The highest BCUT2D eigenvalue weighted by molar-refractivity contribution is 5.87. The molecule has 0 spiro atoms. The van der Waals surface area contributed by atoms with Crippen molar-refractivity contribution in [2.24, 2.45) is 5.41 Å². The molecule has 108 valence electrons. The molecule has 20 heavy (non-hydrogen) atoms. The molecule has 1 aromatic rings. The maximum atomic E-state index is 11.9. The zero-order chi connectivity index (χ0) is 14.8. The van der Waals surface area contributed by atoms with E-state index in [2.05, 4.69) is 12.2 Å². The second-order valence-corrected chi connectivity index (χ2v) is 5.83. The molecule has 5 nitrogen and oxygen atoms in total. The number of benzene rings is 1. The number of aromatic carboxylic acids is 1. The first-order valence-corrected chi connectivity index (χ1v) is 6.71. The molecule has 0 unspecified atom stereocenters. The van der Waals surface area contributed by atoms with Crippen LogP contribution in [0.2, 0.25) is 0 Å². The Morgan fingerprint density at radius 2 is 1.90 bits per heavy atom. The van der Waals surface area contributed by atoms with Crippen LogP contribution >= 0.6 is 0 Å². The van der Waals surface area contributed by atoms with Crippen LogP contribution in [0, 0.1) is 5.41 Å². The minimum Gasteiger partial charge on any atom is -0.478 e. The average molecular weight is 276 g/mol. The molecule has 5 heteroatoms. The van der Waals surface area contributed by atoms with Gasteiger partial charge in [0.05, 0.1) is 5.56 Å². The third-order valence-electron chi connectivity index (χ3n) is 3.74. The Bertz CT molecular complexity index is 506. The fraction of sp³-hybridized carbons (Fsp3) is 0.467. The molecule has 0 aromatic heterocycles. The predicted molar refractivity (Wildman–Crippen MR) is 75.6 cm³/mol. The van der Waals surface area contributed by atoms with Crippen LogP contribution in [0.15, 0.2) is 24.3 Å². The number of carboxylic acids is 1. The predicted octanol–water partition coefficient (Wildman–Crippen LogP) is 2.33. The van der Waals surface area contributed by atoms with Crippen molar-refractivity contribution in [3.05, 3.63) is 35.4 Å². The molecule has 1 aromatic carbocycles. The number of carbonyl (C=O) groups excluding carboxylic acids is 1. The second-order valence-electron chi connectivity index (χ2n) is 5.83. The maximum absolute atomic E-state index is 11.9. The molecule has 0 atom stereocenters. The van der Waals surface area contributed by atoms with Crippen molar-refractivity contribution >= 4 is 12.0 Å². The third-order valence-corrected chi connectivity index (χ3v) is 3.74. The first-order valence-electron chi connectivity index (χ1n) is 6.71. The van der Waals surface area contributed by atoms with Crippen LogP contribution in [-0.2, 0) is 6.54 Å². The SMILES string of the molecule is CN(Cc1ccc(C(=O)O)cc1)C(=O)NCC1(C)CC1. The summed E-state index contributed by atoms with van der Waals surface area (Å²) in [4.78, 5) is 24.3. The number of nitrogens with one attached hydrogen (secondary N) is 1. The number of hydrogen-bond donors (Lipinski definition) is 2. The van der Waals surface area contributed by atoms with Crippen LogP contribution in [0.1, 0.15) is 35.7 Å². The van der Waals surface area contributed by atoms with Crippen LogP contribution in [0.4, 0.5) is 4.79 Å². The van der Waals surface area contributed by atoms with E-state index in [1.807, 2.05) is 0 Å². The first-order chi connectivity index (χ1) is 9.39. The summed E-state index contributed by atoms with van der Waals surface area (Å²) in [5, 5.41) is 11.8. The summed E-state index contributed by atoms with van der Waals surface area (Å²) in [6.45, 7) is 3.34. The number of rotatable bonds is 5. The van der Waals surface area contributed by atoms with Crippen LogP contribution in [0.5, 0.6) is 0 Å². The summed E-state index contributed by atoms with van der Waals surface area (Å²) in [5.74, 6) is -0.944. The van der Waals surface area contributed by atoms with E-state index in [-0.39, 0.29) is 11.6 Å². The topological polar surface area (TPSA) is 69.6 Å². The number of carbonyl (C=O) groups is 2. The van der Waals surface area contributed by atoms with E-state index in [4.69, 9.17) is 5.11 Å². The first kappa shape index (κ1) is 14.4. The van der Waals surface area contributed by atoms with Crippen LogP contribution in [0.3, 0.4) is 0 Å². The van der Waals surface area contributed by atoms with Gasteiger partial charge in [0, 0.05) is 20.1 Å². The van der Waals surface area contributed by atoms with Crippen molar-refractivity contribution in [1.29, 1.82) is 0 Å². The van der Waals surface area contributed by atoms with Gasteiger partial charge in [-0.05, 0) is 36.0 Å². The van der Waals surface area contributed by atoms with Crippen molar-refractivity contribution < 1.29 is 14.7 Å². The fourth-order valence-electron chi connectivity index (χ4n) is 1.91. The number of hydrogen-bond acceptors (Lipinski definition) is 2. The van der Waals surface area contributed by atoms with Gasteiger partial charge < -0.3 is 15.3 Å².